The van der Waals surface area contributed by atoms with E-state index in [-0.39, 0.29) is 5.91 Å². The lowest BCUT2D eigenvalue weighted by atomic mass is 10.1. The average molecular weight is 376 g/mol. The first-order chi connectivity index (χ1) is 8.06. The zero-order valence-electron chi connectivity index (χ0n) is 8.83. The van der Waals surface area contributed by atoms with Crippen LogP contribution in [0.15, 0.2) is 32.7 Å². The molecular formula is C11H8Br2N2OS. The van der Waals surface area contributed by atoms with Gasteiger partial charge in [-0.3, -0.25) is 10.1 Å². The van der Waals surface area contributed by atoms with Gasteiger partial charge in [0.2, 0.25) is 0 Å². The predicted molar refractivity (Wildman–Crippen MR) is 76.6 cm³/mol. The quantitative estimate of drug-likeness (QED) is 0.853. The molecular weight excluding hydrogens is 368 g/mol. The highest BCUT2D eigenvalue weighted by Gasteiger charge is 2.11. The zero-order valence-corrected chi connectivity index (χ0v) is 12.8. The highest BCUT2D eigenvalue weighted by molar-refractivity contribution is 9.11. The van der Waals surface area contributed by atoms with Gasteiger partial charge in [0, 0.05) is 4.47 Å². The van der Waals surface area contributed by atoms with E-state index < -0.39 is 0 Å². The van der Waals surface area contributed by atoms with Gasteiger partial charge in [0.25, 0.3) is 5.91 Å². The highest BCUT2D eigenvalue weighted by Crippen LogP contribution is 2.25. The monoisotopic (exact) mass is 374 g/mol. The first kappa shape index (κ1) is 12.7. The van der Waals surface area contributed by atoms with Crippen molar-refractivity contribution in [3.8, 4) is 0 Å². The van der Waals surface area contributed by atoms with Crippen molar-refractivity contribution in [2.75, 3.05) is 5.32 Å². The van der Waals surface area contributed by atoms with Gasteiger partial charge >= 0.3 is 0 Å². The van der Waals surface area contributed by atoms with E-state index in [0.717, 1.165) is 13.8 Å². The van der Waals surface area contributed by atoms with Crippen LogP contribution in [-0.4, -0.2) is 10.9 Å². The lowest BCUT2D eigenvalue weighted by Gasteiger charge is -2.04. The Hall–Kier alpha value is -0.720. The molecule has 88 valence electrons. The number of amides is 1. The van der Waals surface area contributed by atoms with E-state index in [1.807, 2.05) is 19.1 Å². The molecule has 1 heterocycles. The maximum atomic E-state index is 12.0. The van der Waals surface area contributed by atoms with Crippen LogP contribution in [0, 0.1) is 6.92 Å². The van der Waals surface area contributed by atoms with Crippen LogP contribution in [-0.2, 0) is 0 Å². The standard InChI is InChI=1S/C11H8Br2N2OS/c1-6-2-3-7(8(12)4-6)10(16)15-11-14-5-9(13)17-11/h2-5H,1H3,(H,14,15,16). The second-order valence-electron chi connectivity index (χ2n) is 3.41. The van der Waals surface area contributed by atoms with Crippen molar-refractivity contribution >= 4 is 54.2 Å². The molecule has 2 rings (SSSR count). The van der Waals surface area contributed by atoms with Crippen LogP contribution in [0.2, 0.25) is 0 Å². The zero-order chi connectivity index (χ0) is 12.4. The summed E-state index contributed by atoms with van der Waals surface area (Å²) in [7, 11) is 0. The van der Waals surface area contributed by atoms with Crippen molar-refractivity contribution in [3.05, 3.63) is 43.8 Å². The second kappa shape index (κ2) is 5.29. The van der Waals surface area contributed by atoms with E-state index in [4.69, 9.17) is 0 Å². The van der Waals surface area contributed by atoms with Crippen LogP contribution in [0.5, 0.6) is 0 Å². The number of aryl methyl sites for hydroxylation is 1. The molecule has 0 saturated heterocycles. The fourth-order valence-electron chi connectivity index (χ4n) is 1.28. The number of hydrogen-bond acceptors (Lipinski definition) is 3. The van der Waals surface area contributed by atoms with Crippen molar-refractivity contribution < 1.29 is 4.79 Å². The summed E-state index contributed by atoms with van der Waals surface area (Å²) in [6.07, 6.45) is 1.66. The Morgan fingerprint density at radius 2 is 2.18 bits per heavy atom. The minimum atomic E-state index is -0.168. The summed E-state index contributed by atoms with van der Waals surface area (Å²) < 4.78 is 1.67. The number of carbonyl (C=O) groups is 1. The molecule has 1 aromatic carbocycles. The molecule has 17 heavy (non-hydrogen) atoms. The number of rotatable bonds is 2. The van der Waals surface area contributed by atoms with E-state index in [1.165, 1.54) is 11.3 Å². The van der Waals surface area contributed by atoms with Gasteiger partial charge in [0.1, 0.15) is 0 Å². The Kier molecular flexibility index (Phi) is 3.96. The largest absolute Gasteiger partial charge is 0.298 e. The fraction of sp³-hybridized carbons (Fsp3) is 0.0909. The fourth-order valence-corrected chi connectivity index (χ4v) is 3.06. The van der Waals surface area contributed by atoms with Crippen molar-refractivity contribution in [2.24, 2.45) is 0 Å². The van der Waals surface area contributed by atoms with E-state index in [1.54, 1.807) is 12.3 Å². The number of carbonyl (C=O) groups excluding carboxylic acids is 1. The molecule has 1 N–H and O–H groups in total. The van der Waals surface area contributed by atoms with Crippen LogP contribution in [0.3, 0.4) is 0 Å². The molecule has 0 bridgehead atoms. The summed E-state index contributed by atoms with van der Waals surface area (Å²) in [6, 6.07) is 5.60. The Labute approximate surface area is 120 Å². The van der Waals surface area contributed by atoms with E-state index in [2.05, 4.69) is 42.2 Å². The summed E-state index contributed by atoms with van der Waals surface area (Å²) in [5.74, 6) is -0.168. The molecule has 0 radical (unpaired) electrons. The van der Waals surface area contributed by atoms with Crippen molar-refractivity contribution in [3.63, 3.8) is 0 Å². The molecule has 0 aliphatic rings. The SMILES string of the molecule is Cc1ccc(C(=O)Nc2ncc(Br)s2)c(Br)c1. The van der Waals surface area contributed by atoms with Gasteiger partial charge in [-0.25, -0.2) is 4.98 Å². The van der Waals surface area contributed by atoms with Gasteiger partial charge in [-0.2, -0.15) is 0 Å². The summed E-state index contributed by atoms with van der Waals surface area (Å²) in [5.41, 5.74) is 1.70. The summed E-state index contributed by atoms with van der Waals surface area (Å²) >= 11 is 8.05. The van der Waals surface area contributed by atoms with Crippen molar-refractivity contribution in [1.82, 2.24) is 4.98 Å². The maximum absolute atomic E-state index is 12.0. The number of aromatic nitrogens is 1. The Morgan fingerprint density at radius 3 is 2.76 bits per heavy atom. The van der Waals surface area contributed by atoms with Gasteiger partial charge in [-0.1, -0.05) is 17.4 Å². The molecule has 0 unspecified atom stereocenters. The number of thiazole rings is 1. The van der Waals surface area contributed by atoms with Crippen molar-refractivity contribution in [2.45, 2.75) is 6.92 Å². The number of anilines is 1. The summed E-state index contributed by atoms with van der Waals surface area (Å²) in [4.78, 5) is 16.0. The Morgan fingerprint density at radius 1 is 1.41 bits per heavy atom. The Bertz CT molecular complexity index is 568. The van der Waals surface area contributed by atoms with Gasteiger partial charge < -0.3 is 0 Å². The average Bonchev–Trinajstić information content (AvgIpc) is 2.63. The van der Waals surface area contributed by atoms with E-state index in [0.29, 0.717) is 10.7 Å². The molecule has 0 atom stereocenters. The second-order valence-corrected chi connectivity index (χ2v) is 6.67. The molecule has 0 aliphatic heterocycles. The van der Waals surface area contributed by atoms with Crippen molar-refractivity contribution in [1.29, 1.82) is 0 Å². The molecule has 0 aliphatic carbocycles. The number of hydrogen-bond donors (Lipinski definition) is 1. The smallest absolute Gasteiger partial charge is 0.258 e. The third kappa shape index (κ3) is 3.14. The maximum Gasteiger partial charge on any atom is 0.258 e. The minimum absolute atomic E-state index is 0.168. The number of nitrogens with zero attached hydrogens (tertiary/aromatic N) is 1. The number of nitrogens with one attached hydrogen (secondary N) is 1. The molecule has 0 saturated carbocycles. The first-order valence-corrected chi connectivity index (χ1v) is 7.15. The molecule has 1 amide bonds. The van der Waals surface area contributed by atoms with Crippen LogP contribution >= 0.6 is 43.2 Å². The molecule has 3 nitrogen and oxygen atoms in total. The third-order valence-electron chi connectivity index (χ3n) is 2.07. The minimum Gasteiger partial charge on any atom is -0.298 e. The Balaban J connectivity index is 2.20. The molecule has 1 aromatic heterocycles. The van der Waals surface area contributed by atoms with Gasteiger partial charge in [0.05, 0.1) is 15.5 Å². The lowest BCUT2D eigenvalue weighted by Crippen LogP contribution is -2.12. The third-order valence-corrected chi connectivity index (χ3v) is 4.11. The normalized spacial score (nSPS) is 10.3. The molecule has 2 aromatic rings. The van der Waals surface area contributed by atoms with E-state index >= 15 is 0 Å². The van der Waals surface area contributed by atoms with Crippen LogP contribution in [0.25, 0.3) is 0 Å². The highest BCUT2D eigenvalue weighted by atomic mass is 79.9. The van der Waals surface area contributed by atoms with Gasteiger partial charge in [-0.05, 0) is 56.5 Å². The van der Waals surface area contributed by atoms with Gasteiger partial charge in [0.15, 0.2) is 5.13 Å². The molecule has 6 heteroatoms. The molecule has 0 fully saturated rings. The van der Waals surface area contributed by atoms with Crippen LogP contribution in [0.1, 0.15) is 15.9 Å². The summed E-state index contributed by atoms with van der Waals surface area (Å²) in [6.45, 7) is 1.98. The first-order valence-electron chi connectivity index (χ1n) is 4.75. The van der Waals surface area contributed by atoms with Crippen LogP contribution in [0.4, 0.5) is 5.13 Å². The lowest BCUT2D eigenvalue weighted by molar-refractivity contribution is 0.102. The molecule has 0 spiro atoms. The van der Waals surface area contributed by atoms with Gasteiger partial charge in [-0.15, -0.1) is 0 Å². The predicted octanol–water partition coefficient (Wildman–Crippen LogP) is 4.23. The number of benzene rings is 1. The topological polar surface area (TPSA) is 42.0 Å². The summed E-state index contributed by atoms with van der Waals surface area (Å²) in [5, 5.41) is 3.33. The van der Waals surface area contributed by atoms with Crippen LogP contribution < -0.4 is 5.32 Å². The number of halogens is 2. The van der Waals surface area contributed by atoms with E-state index in [9.17, 15) is 4.79 Å².